The summed E-state index contributed by atoms with van der Waals surface area (Å²) in [7, 11) is 0. The number of carboxylic acid groups (broad SMARTS) is 1. The van der Waals surface area contributed by atoms with E-state index >= 15 is 0 Å². The molecule has 2 heterocycles. The Bertz CT molecular complexity index is 552. The molecule has 0 fully saturated rings. The van der Waals surface area contributed by atoms with Crippen LogP contribution in [0.5, 0.6) is 0 Å². The Morgan fingerprint density at radius 3 is 2.84 bits per heavy atom. The summed E-state index contributed by atoms with van der Waals surface area (Å²) in [5, 5.41) is 23.3. The van der Waals surface area contributed by atoms with Crippen LogP contribution in [-0.2, 0) is 11.3 Å². The zero-order chi connectivity index (χ0) is 13.8. The van der Waals surface area contributed by atoms with E-state index in [9.17, 15) is 4.79 Å². The molecule has 0 aromatic carbocycles. The summed E-state index contributed by atoms with van der Waals surface area (Å²) >= 11 is 2.41. The Kier molecular flexibility index (Phi) is 4.48. The van der Waals surface area contributed by atoms with Crippen LogP contribution in [0.2, 0.25) is 0 Å². The zero-order valence-electron chi connectivity index (χ0n) is 10.5. The molecule has 7 nitrogen and oxygen atoms in total. The molecule has 102 valence electrons. The van der Waals surface area contributed by atoms with Gasteiger partial charge >= 0.3 is 5.97 Å². The highest BCUT2D eigenvalue weighted by Gasteiger charge is 2.17. The lowest BCUT2D eigenvalue weighted by Gasteiger charge is -2.10. The number of rotatable bonds is 6. The fourth-order valence-corrected chi connectivity index (χ4v) is 2.61. The highest BCUT2D eigenvalue weighted by Crippen LogP contribution is 2.24. The van der Waals surface area contributed by atoms with E-state index in [1.165, 1.54) is 11.5 Å². The minimum Gasteiger partial charge on any atom is -0.481 e. The van der Waals surface area contributed by atoms with Crippen molar-refractivity contribution in [1.82, 2.24) is 24.4 Å². The molecule has 0 bridgehead atoms. The Labute approximate surface area is 118 Å². The van der Waals surface area contributed by atoms with Gasteiger partial charge in [-0.2, -0.15) is 0 Å². The summed E-state index contributed by atoms with van der Waals surface area (Å²) in [6.07, 6.45) is 0. The average molecular weight is 299 g/mol. The second-order valence-corrected chi connectivity index (χ2v) is 5.84. The van der Waals surface area contributed by atoms with Crippen LogP contribution in [0.3, 0.4) is 0 Å². The molecule has 0 aliphatic rings. The van der Waals surface area contributed by atoms with E-state index in [0.29, 0.717) is 29.1 Å². The lowest BCUT2D eigenvalue weighted by atomic mass is 10.2. The first kappa shape index (κ1) is 13.9. The lowest BCUT2D eigenvalue weighted by molar-refractivity contribution is -0.133. The van der Waals surface area contributed by atoms with Gasteiger partial charge in [0.15, 0.2) is 11.0 Å². The van der Waals surface area contributed by atoms with Gasteiger partial charge in [0.25, 0.3) is 0 Å². The summed E-state index contributed by atoms with van der Waals surface area (Å²) in [5.74, 6) is 0.118. The summed E-state index contributed by atoms with van der Waals surface area (Å²) in [6, 6.07) is 0. The number of nitrogens with zero attached hydrogens (tertiary/aromatic N) is 5. The molecule has 2 aromatic heterocycles. The zero-order valence-corrected chi connectivity index (χ0v) is 12.1. The van der Waals surface area contributed by atoms with Gasteiger partial charge < -0.3 is 9.67 Å². The third-order valence-electron chi connectivity index (χ3n) is 2.18. The van der Waals surface area contributed by atoms with Gasteiger partial charge in [0, 0.05) is 11.9 Å². The van der Waals surface area contributed by atoms with E-state index in [-0.39, 0.29) is 5.75 Å². The molecule has 1 N–H and O–H groups in total. The lowest BCUT2D eigenvalue weighted by Crippen LogP contribution is -2.09. The number of hydrogen-bond acceptors (Lipinski definition) is 7. The van der Waals surface area contributed by atoms with Crippen molar-refractivity contribution in [3.8, 4) is 11.5 Å². The van der Waals surface area contributed by atoms with Crippen LogP contribution >= 0.6 is 23.3 Å². The Morgan fingerprint density at radius 1 is 1.47 bits per heavy atom. The molecule has 0 unspecified atom stereocenters. The SMILES string of the molecule is CC(C)Cn1c(SCC(=O)O)nnc1-c1csnn1. The fraction of sp³-hybridized carbons (Fsp3) is 0.500. The summed E-state index contributed by atoms with van der Waals surface area (Å²) < 4.78 is 5.71. The maximum absolute atomic E-state index is 10.6. The predicted octanol–water partition coefficient (Wildman–Crippen LogP) is 1.63. The van der Waals surface area contributed by atoms with Gasteiger partial charge in [-0.05, 0) is 17.5 Å². The molecular weight excluding hydrogens is 286 g/mol. The van der Waals surface area contributed by atoms with Crippen molar-refractivity contribution in [2.45, 2.75) is 25.5 Å². The summed E-state index contributed by atoms with van der Waals surface area (Å²) in [6.45, 7) is 4.87. The molecule has 9 heteroatoms. The number of carboxylic acids is 1. The van der Waals surface area contributed by atoms with Crippen molar-refractivity contribution in [1.29, 1.82) is 0 Å². The molecule has 2 aromatic rings. The van der Waals surface area contributed by atoms with E-state index < -0.39 is 5.97 Å². The van der Waals surface area contributed by atoms with Crippen molar-refractivity contribution in [2.24, 2.45) is 5.92 Å². The number of aromatic nitrogens is 5. The van der Waals surface area contributed by atoms with E-state index in [4.69, 9.17) is 5.11 Å². The van der Waals surface area contributed by atoms with E-state index in [1.54, 1.807) is 5.38 Å². The molecule has 19 heavy (non-hydrogen) atoms. The van der Waals surface area contributed by atoms with Crippen molar-refractivity contribution >= 4 is 29.3 Å². The summed E-state index contributed by atoms with van der Waals surface area (Å²) in [5.41, 5.74) is 0.667. The number of hydrogen-bond donors (Lipinski definition) is 1. The number of carbonyl (C=O) groups is 1. The van der Waals surface area contributed by atoms with Gasteiger partial charge in [0.1, 0.15) is 5.69 Å². The van der Waals surface area contributed by atoms with Gasteiger partial charge in [-0.25, -0.2) is 0 Å². The normalized spacial score (nSPS) is 11.1. The average Bonchev–Trinajstić information content (AvgIpc) is 2.94. The molecule has 0 aliphatic carbocycles. The molecule has 0 spiro atoms. The van der Waals surface area contributed by atoms with Gasteiger partial charge in [-0.1, -0.05) is 30.1 Å². The van der Waals surface area contributed by atoms with E-state index in [0.717, 1.165) is 11.8 Å². The molecule has 0 amide bonds. The third kappa shape index (κ3) is 3.51. The second-order valence-electron chi connectivity index (χ2n) is 4.28. The molecule has 0 atom stereocenters. The molecule has 0 aliphatic heterocycles. The van der Waals surface area contributed by atoms with Crippen molar-refractivity contribution in [2.75, 3.05) is 5.75 Å². The molecule has 0 saturated heterocycles. The van der Waals surface area contributed by atoms with Gasteiger partial charge in [-0.15, -0.1) is 15.3 Å². The Hall–Kier alpha value is -1.48. The van der Waals surface area contributed by atoms with Crippen LogP contribution in [0, 0.1) is 5.92 Å². The molecule has 0 radical (unpaired) electrons. The van der Waals surface area contributed by atoms with Crippen LogP contribution in [0.4, 0.5) is 0 Å². The van der Waals surface area contributed by atoms with Crippen molar-refractivity contribution in [3.05, 3.63) is 5.38 Å². The monoisotopic (exact) mass is 299 g/mol. The van der Waals surface area contributed by atoms with Crippen LogP contribution in [0.15, 0.2) is 10.5 Å². The number of thioether (sulfide) groups is 1. The predicted molar refractivity (Wildman–Crippen MR) is 72.1 cm³/mol. The minimum atomic E-state index is -0.874. The second kappa shape index (κ2) is 6.11. The maximum Gasteiger partial charge on any atom is 0.313 e. The Morgan fingerprint density at radius 2 is 2.26 bits per heavy atom. The van der Waals surface area contributed by atoms with Crippen molar-refractivity contribution < 1.29 is 9.90 Å². The van der Waals surface area contributed by atoms with Gasteiger partial charge in [0.2, 0.25) is 0 Å². The summed E-state index contributed by atoms with van der Waals surface area (Å²) in [4.78, 5) is 10.6. The minimum absolute atomic E-state index is 0.0362. The first-order valence-electron chi connectivity index (χ1n) is 5.63. The van der Waals surface area contributed by atoms with E-state index in [2.05, 4.69) is 33.6 Å². The van der Waals surface area contributed by atoms with Gasteiger partial charge in [-0.3, -0.25) is 4.79 Å². The fourth-order valence-electron chi connectivity index (χ4n) is 1.50. The van der Waals surface area contributed by atoms with Crippen LogP contribution in [0.25, 0.3) is 11.5 Å². The Balaban J connectivity index is 2.30. The highest BCUT2D eigenvalue weighted by atomic mass is 32.2. The van der Waals surface area contributed by atoms with Crippen LogP contribution in [0.1, 0.15) is 13.8 Å². The molecular formula is C10H13N5O2S2. The third-order valence-corrected chi connectivity index (χ3v) is 3.63. The topological polar surface area (TPSA) is 93.8 Å². The highest BCUT2D eigenvalue weighted by molar-refractivity contribution is 7.99. The smallest absolute Gasteiger partial charge is 0.313 e. The largest absolute Gasteiger partial charge is 0.481 e. The first-order chi connectivity index (χ1) is 9.08. The number of aliphatic carboxylic acids is 1. The van der Waals surface area contributed by atoms with E-state index in [1.807, 2.05) is 4.57 Å². The standard InChI is InChI=1S/C10H13N5O2S2/c1-6(2)3-15-9(7-4-19-14-11-7)12-13-10(15)18-5-8(16)17/h4,6H,3,5H2,1-2H3,(H,16,17). The van der Waals surface area contributed by atoms with Crippen LogP contribution < -0.4 is 0 Å². The van der Waals surface area contributed by atoms with Crippen LogP contribution in [-0.4, -0.2) is 41.2 Å². The van der Waals surface area contributed by atoms with Crippen molar-refractivity contribution in [3.63, 3.8) is 0 Å². The quantitative estimate of drug-likeness (QED) is 0.810. The maximum atomic E-state index is 10.6. The van der Waals surface area contributed by atoms with Gasteiger partial charge in [0.05, 0.1) is 5.75 Å². The molecule has 2 rings (SSSR count). The molecule has 0 saturated carbocycles. The first-order valence-corrected chi connectivity index (χ1v) is 7.45.